The maximum Gasteiger partial charge on any atom is 0.244 e. The van der Waals surface area contributed by atoms with Crippen LogP contribution in [0.5, 0.6) is 0 Å². The van der Waals surface area contributed by atoms with Crippen LogP contribution in [0.1, 0.15) is 33.1 Å². The van der Waals surface area contributed by atoms with Crippen molar-refractivity contribution in [1.82, 2.24) is 15.5 Å². The molecule has 29 heavy (non-hydrogen) atoms. The summed E-state index contributed by atoms with van der Waals surface area (Å²) in [6.07, 6.45) is 3.19. The topological polar surface area (TPSA) is 69.2 Å². The molecule has 0 spiro atoms. The minimum atomic E-state index is 0.0813. The molecule has 1 saturated heterocycles. The highest BCUT2D eigenvalue weighted by atomic mass is 16.5. The van der Waals surface area contributed by atoms with E-state index in [4.69, 9.17) is 4.74 Å². The van der Waals surface area contributed by atoms with Gasteiger partial charge >= 0.3 is 0 Å². The largest absolute Gasteiger partial charge is 0.381 e. The van der Waals surface area contributed by atoms with Crippen molar-refractivity contribution in [3.8, 4) is 0 Å². The fourth-order valence-electron chi connectivity index (χ4n) is 3.17. The van der Waals surface area contributed by atoms with Gasteiger partial charge in [0.1, 0.15) is 6.54 Å². The number of benzene rings is 1. The van der Waals surface area contributed by atoms with E-state index in [2.05, 4.69) is 39.6 Å². The molecule has 1 aromatic carbocycles. The number of ether oxygens (including phenoxy) is 1. The highest BCUT2D eigenvalue weighted by Crippen LogP contribution is 2.15. The van der Waals surface area contributed by atoms with E-state index in [1.165, 1.54) is 5.69 Å². The molecule has 7 nitrogen and oxygen atoms in total. The second-order valence-electron chi connectivity index (χ2n) is 7.14. The molecule has 1 heterocycles. The first-order chi connectivity index (χ1) is 14.2. The Morgan fingerprint density at radius 1 is 1.03 bits per heavy atom. The molecule has 0 atom stereocenters. The second kappa shape index (κ2) is 13.8. The predicted molar refractivity (Wildman–Crippen MR) is 120 cm³/mol. The van der Waals surface area contributed by atoms with Gasteiger partial charge in [0, 0.05) is 58.2 Å². The van der Waals surface area contributed by atoms with Crippen LogP contribution in [-0.4, -0.2) is 75.8 Å². The maximum absolute atomic E-state index is 12.6. The van der Waals surface area contributed by atoms with Crippen molar-refractivity contribution in [3.63, 3.8) is 0 Å². The molecule has 0 radical (unpaired) electrons. The van der Waals surface area contributed by atoms with E-state index >= 15 is 0 Å². The number of anilines is 1. The molecule has 2 N–H and O–H groups in total. The van der Waals surface area contributed by atoms with Crippen molar-refractivity contribution in [2.45, 2.75) is 33.1 Å². The Labute approximate surface area is 175 Å². The summed E-state index contributed by atoms with van der Waals surface area (Å²) in [6.45, 7) is 10.7. The lowest BCUT2D eigenvalue weighted by molar-refractivity contribution is -0.129. The predicted octanol–water partition coefficient (Wildman–Crippen LogP) is 2.10. The summed E-state index contributed by atoms with van der Waals surface area (Å²) in [6, 6.07) is 10.4. The van der Waals surface area contributed by atoms with Gasteiger partial charge in [-0.1, -0.05) is 31.5 Å². The standard InChI is InChI=1S/C22H37N5O2/c1-3-5-17-29-18-9-12-24-22(23-4-2)25-19-21(28)27-15-13-26(14-16-27)20-10-7-6-8-11-20/h6-8,10-11H,3-5,9,12-19H2,1-2H3,(H2,23,24,25). The molecule has 1 aromatic rings. The molecule has 162 valence electrons. The Morgan fingerprint density at radius 3 is 2.45 bits per heavy atom. The first-order valence-corrected chi connectivity index (χ1v) is 10.9. The number of rotatable bonds is 11. The van der Waals surface area contributed by atoms with Gasteiger partial charge in [0.05, 0.1) is 0 Å². The summed E-state index contributed by atoms with van der Waals surface area (Å²) in [5.41, 5.74) is 1.22. The SMILES string of the molecule is CCCCOCCCNC(=NCC(=O)N1CCN(c2ccccc2)CC1)NCC. The Morgan fingerprint density at radius 2 is 1.76 bits per heavy atom. The number of hydrogen-bond donors (Lipinski definition) is 2. The second-order valence-corrected chi connectivity index (χ2v) is 7.14. The van der Waals surface area contributed by atoms with Crippen LogP contribution in [0.3, 0.4) is 0 Å². The van der Waals surface area contributed by atoms with Gasteiger partial charge in [0.2, 0.25) is 5.91 Å². The van der Waals surface area contributed by atoms with Crippen LogP contribution in [0.15, 0.2) is 35.3 Å². The molecule has 1 fully saturated rings. The average molecular weight is 404 g/mol. The van der Waals surface area contributed by atoms with Crippen LogP contribution >= 0.6 is 0 Å². The molecule has 0 unspecified atom stereocenters. The first kappa shape index (κ1) is 23.0. The van der Waals surface area contributed by atoms with E-state index in [1.54, 1.807) is 0 Å². The van der Waals surface area contributed by atoms with Crippen molar-refractivity contribution < 1.29 is 9.53 Å². The molecule has 1 aliphatic rings. The summed E-state index contributed by atoms with van der Waals surface area (Å²) >= 11 is 0. The van der Waals surface area contributed by atoms with Gasteiger partial charge in [0.25, 0.3) is 0 Å². The number of nitrogens with zero attached hydrogens (tertiary/aromatic N) is 3. The summed E-state index contributed by atoms with van der Waals surface area (Å²) in [4.78, 5) is 21.2. The number of piperazine rings is 1. The number of para-hydroxylation sites is 1. The van der Waals surface area contributed by atoms with Crippen LogP contribution in [0.4, 0.5) is 5.69 Å². The molecule has 2 rings (SSSR count). The van der Waals surface area contributed by atoms with Crippen molar-refractivity contribution >= 4 is 17.6 Å². The third kappa shape index (κ3) is 8.73. The van der Waals surface area contributed by atoms with Crippen molar-refractivity contribution in [2.24, 2.45) is 4.99 Å². The summed E-state index contributed by atoms with van der Waals surface area (Å²) < 4.78 is 5.57. The number of amides is 1. The van der Waals surface area contributed by atoms with E-state index < -0.39 is 0 Å². The Balaban J connectivity index is 1.69. The van der Waals surface area contributed by atoms with E-state index in [1.807, 2.05) is 30.0 Å². The van der Waals surface area contributed by atoms with Crippen molar-refractivity contribution in [1.29, 1.82) is 0 Å². The van der Waals surface area contributed by atoms with Crippen LogP contribution in [0.2, 0.25) is 0 Å². The number of unbranched alkanes of at least 4 members (excludes halogenated alkanes) is 1. The van der Waals surface area contributed by atoms with Gasteiger partial charge in [-0.15, -0.1) is 0 Å². The van der Waals surface area contributed by atoms with E-state index in [-0.39, 0.29) is 12.5 Å². The molecule has 1 amide bonds. The van der Waals surface area contributed by atoms with E-state index in [9.17, 15) is 4.79 Å². The van der Waals surface area contributed by atoms with Gasteiger partial charge in [-0.2, -0.15) is 0 Å². The van der Waals surface area contributed by atoms with Gasteiger partial charge in [-0.25, -0.2) is 4.99 Å². The van der Waals surface area contributed by atoms with Crippen LogP contribution in [0.25, 0.3) is 0 Å². The van der Waals surface area contributed by atoms with Gasteiger partial charge < -0.3 is 25.2 Å². The zero-order valence-electron chi connectivity index (χ0n) is 18.0. The van der Waals surface area contributed by atoms with Crippen LogP contribution in [0, 0.1) is 0 Å². The molecule has 1 aliphatic heterocycles. The minimum Gasteiger partial charge on any atom is -0.381 e. The Kier molecular flexibility index (Phi) is 11.0. The third-order valence-electron chi connectivity index (χ3n) is 4.87. The number of carbonyl (C=O) groups excluding carboxylic acids is 1. The van der Waals surface area contributed by atoms with Crippen molar-refractivity contribution in [2.75, 3.05) is 63.9 Å². The number of nitrogens with one attached hydrogen (secondary N) is 2. The van der Waals surface area contributed by atoms with Crippen LogP contribution in [-0.2, 0) is 9.53 Å². The fourth-order valence-corrected chi connectivity index (χ4v) is 3.17. The highest BCUT2D eigenvalue weighted by Gasteiger charge is 2.20. The lowest BCUT2D eigenvalue weighted by Gasteiger charge is -2.36. The van der Waals surface area contributed by atoms with E-state index in [0.717, 1.165) is 71.7 Å². The zero-order valence-corrected chi connectivity index (χ0v) is 18.0. The normalized spacial score (nSPS) is 14.8. The lowest BCUT2D eigenvalue weighted by Crippen LogP contribution is -2.49. The average Bonchev–Trinajstić information content (AvgIpc) is 2.77. The molecule has 0 saturated carbocycles. The molecule has 0 bridgehead atoms. The third-order valence-corrected chi connectivity index (χ3v) is 4.87. The Hall–Kier alpha value is -2.28. The maximum atomic E-state index is 12.6. The molecule has 0 aliphatic carbocycles. The molecule has 7 heteroatoms. The fraction of sp³-hybridized carbons (Fsp3) is 0.636. The smallest absolute Gasteiger partial charge is 0.244 e. The minimum absolute atomic E-state index is 0.0813. The van der Waals surface area contributed by atoms with Gasteiger partial charge in [-0.05, 0) is 31.9 Å². The van der Waals surface area contributed by atoms with Crippen molar-refractivity contribution in [3.05, 3.63) is 30.3 Å². The van der Waals surface area contributed by atoms with Crippen LogP contribution < -0.4 is 15.5 Å². The Bertz CT molecular complexity index is 600. The van der Waals surface area contributed by atoms with Gasteiger partial charge in [-0.3, -0.25) is 4.79 Å². The number of guanidine groups is 1. The number of aliphatic imine (C=N–C) groups is 1. The lowest BCUT2D eigenvalue weighted by atomic mass is 10.2. The monoisotopic (exact) mass is 403 g/mol. The quantitative estimate of drug-likeness (QED) is 0.336. The number of carbonyl (C=O) groups is 1. The first-order valence-electron chi connectivity index (χ1n) is 10.9. The molecule has 0 aromatic heterocycles. The summed E-state index contributed by atoms with van der Waals surface area (Å²) in [5, 5.41) is 6.48. The molecular weight excluding hydrogens is 366 g/mol. The zero-order chi connectivity index (χ0) is 20.7. The summed E-state index contributed by atoms with van der Waals surface area (Å²) in [7, 11) is 0. The summed E-state index contributed by atoms with van der Waals surface area (Å²) in [5.74, 6) is 0.773. The number of hydrogen-bond acceptors (Lipinski definition) is 4. The molecular formula is C22H37N5O2. The van der Waals surface area contributed by atoms with E-state index in [0.29, 0.717) is 5.96 Å². The highest BCUT2D eigenvalue weighted by molar-refractivity contribution is 5.85. The van der Waals surface area contributed by atoms with Gasteiger partial charge in [0.15, 0.2) is 5.96 Å².